The molecular formula is C14H21N3O. The fourth-order valence-electron chi connectivity index (χ4n) is 3.11. The Kier molecular flexibility index (Phi) is 3.22. The number of nitrogens with zero attached hydrogens (tertiary/aromatic N) is 2. The van der Waals surface area contributed by atoms with E-state index >= 15 is 0 Å². The van der Waals surface area contributed by atoms with E-state index in [0.717, 1.165) is 43.7 Å². The average molecular weight is 247 g/mol. The van der Waals surface area contributed by atoms with E-state index < -0.39 is 0 Å². The van der Waals surface area contributed by atoms with Crippen LogP contribution in [0.4, 0.5) is 5.82 Å². The van der Waals surface area contributed by atoms with Crippen LogP contribution >= 0.6 is 0 Å². The second kappa shape index (κ2) is 4.86. The molecule has 2 heterocycles. The number of aliphatic hydroxyl groups excluding tert-OH is 1. The van der Waals surface area contributed by atoms with Gasteiger partial charge in [0.05, 0.1) is 0 Å². The van der Waals surface area contributed by atoms with Gasteiger partial charge in [0.2, 0.25) is 0 Å². The van der Waals surface area contributed by atoms with Crippen LogP contribution in [0.25, 0.3) is 0 Å². The maximum atomic E-state index is 9.24. The number of hydrogen-bond acceptors (Lipinski definition) is 4. The quantitative estimate of drug-likeness (QED) is 0.831. The molecule has 0 aromatic carbocycles. The Morgan fingerprint density at radius 3 is 3.06 bits per heavy atom. The molecule has 1 aromatic rings. The summed E-state index contributed by atoms with van der Waals surface area (Å²) in [5.74, 6) is 1.46. The second-order valence-electron chi connectivity index (χ2n) is 5.42. The lowest BCUT2D eigenvalue weighted by Gasteiger charge is -2.21. The summed E-state index contributed by atoms with van der Waals surface area (Å²) in [6.45, 7) is 2.73. The Morgan fingerprint density at radius 1 is 1.44 bits per heavy atom. The number of aryl methyl sites for hydroxylation is 2. The van der Waals surface area contributed by atoms with Gasteiger partial charge >= 0.3 is 0 Å². The first-order valence-electron chi connectivity index (χ1n) is 6.89. The Morgan fingerprint density at radius 2 is 2.33 bits per heavy atom. The summed E-state index contributed by atoms with van der Waals surface area (Å²) in [6.07, 6.45) is 4.52. The minimum atomic E-state index is 0.277. The third kappa shape index (κ3) is 1.99. The number of hydrogen-bond donors (Lipinski definition) is 2. The molecule has 0 radical (unpaired) electrons. The van der Waals surface area contributed by atoms with Crippen molar-refractivity contribution in [2.24, 2.45) is 11.7 Å². The normalized spacial score (nSPS) is 22.6. The number of rotatable bonds is 3. The van der Waals surface area contributed by atoms with Crippen molar-refractivity contribution in [1.82, 2.24) is 4.98 Å². The number of aromatic nitrogens is 1. The molecule has 0 amide bonds. The van der Waals surface area contributed by atoms with Crippen molar-refractivity contribution >= 4 is 5.82 Å². The number of anilines is 1. The summed E-state index contributed by atoms with van der Waals surface area (Å²) in [6, 6.07) is 2.25. The Hall–Kier alpha value is -1.13. The van der Waals surface area contributed by atoms with E-state index in [1.807, 2.05) is 0 Å². The largest absolute Gasteiger partial charge is 0.396 e. The van der Waals surface area contributed by atoms with Gasteiger partial charge in [0.15, 0.2) is 0 Å². The Balaban J connectivity index is 1.91. The summed E-state index contributed by atoms with van der Waals surface area (Å²) in [5.41, 5.74) is 9.67. The molecule has 4 heteroatoms. The van der Waals surface area contributed by atoms with Crippen molar-refractivity contribution < 1.29 is 5.11 Å². The summed E-state index contributed by atoms with van der Waals surface area (Å²) >= 11 is 0. The molecule has 1 atom stereocenters. The van der Waals surface area contributed by atoms with E-state index in [1.54, 1.807) is 0 Å². The molecular weight excluding hydrogens is 226 g/mol. The first-order valence-corrected chi connectivity index (χ1v) is 6.89. The van der Waals surface area contributed by atoms with Crippen molar-refractivity contribution in [3.8, 4) is 0 Å². The Bertz CT molecular complexity index is 447. The van der Waals surface area contributed by atoms with Gasteiger partial charge in [-0.15, -0.1) is 0 Å². The molecule has 0 saturated carbocycles. The topological polar surface area (TPSA) is 62.4 Å². The molecule has 2 aliphatic rings. The van der Waals surface area contributed by atoms with Gasteiger partial charge in [0, 0.05) is 43.4 Å². The summed E-state index contributed by atoms with van der Waals surface area (Å²) < 4.78 is 0. The molecule has 1 aliphatic heterocycles. The lowest BCUT2D eigenvalue weighted by atomic mass is 10.1. The molecule has 0 spiro atoms. The number of fused-ring (bicyclic) bond motifs is 1. The van der Waals surface area contributed by atoms with Crippen LogP contribution in [0.1, 0.15) is 29.7 Å². The van der Waals surface area contributed by atoms with Crippen molar-refractivity contribution in [2.75, 3.05) is 24.6 Å². The van der Waals surface area contributed by atoms with Crippen molar-refractivity contribution in [1.29, 1.82) is 0 Å². The van der Waals surface area contributed by atoms with Gasteiger partial charge in [-0.1, -0.05) is 0 Å². The fraction of sp³-hybridized carbons (Fsp3) is 0.643. The Labute approximate surface area is 108 Å². The number of pyridine rings is 1. The zero-order valence-electron chi connectivity index (χ0n) is 10.7. The molecule has 4 nitrogen and oxygen atoms in total. The smallest absolute Gasteiger partial charge is 0.133 e. The van der Waals surface area contributed by atoms with Crippen LogP contribution < -0.4 is 10.6 Å². The van der Waals surface area contributed by atoms with Gasteiger partial charge in [-0.3, -0.25) is 0 Å². The summed E-state index contributed by atoms with van der Waals surface area (Å²) in [4.78, 5) is 7.13. The van der Waals surface area contributed by atoms with Gasteiger partial charge < -0.3 is 15.7 Å². The molecule has 3 N–H and O–H groups in total. The van der Waals surface area contributed by atoms with Crippen LogP contribution in [0.15, 0.2) is 6.07 Å². The molecule has 0 bridgehead atoms. The van der Waals surface area contributed by atoms with Crippen molar-refractivity contribution in [2.45, 2.75) is 32.2 Å². The minimum Gasteiger partial charge on any atom is -0.396 e. The van der Waals surface area contributed by atoms with Crippen LogP contribution in [0.5, 0.6) is 0 Å². The third-order valence-corrected chi connectivity index (χ3v) is 4.17. The highest BCUT2D eigenvalue weighted by molar-refractivity contribution is 5.51. The first-order chi connectivity index (χ1) is 8.81. The van der Waals surface area contributed by atoms with Crippen LogP contribution in [0.2, 0.25) is 0 Å². The van der Waals surface area contributed by atoms with E-state index in [1.165, 1.54) is 17.7 Å². The van der Waals surface area contributed by atoms with Crippen molar-refractivity contribution in [3.63, 3.8) is 0 Å². The summed E-state index contributed by atoms with van der Waals surface area (Å²) in [7, 11) is 0. The van der Waals surface area contributed by atoms with E-state index in [0.29, 0.717) is 12.5 Å². The highest BCUT2D eigenvalue weighted by Gasteiger charge is 2.26. The molecule has 18 heavy (non-hydrogen) atoms. The molecule has 1 aliphatic carbocycles. The lowest BCUT2D eigenvalue weighted by Crippen LogP contribution is -2.24. The van der Waals surface area contributed by atoms with E-state index in [9.17, 15) is 5.11 Å². The summed E-state index contributed by atoms with van der Waals surface area (Å²) in [5, 5.41) is 9.24. The monoisotopic (exact) mass is 247 g/mol. The second-order valence-corrected chi connectivity index (χ2v) is 5.42. The predicted octanol–water partition coefficient (Wildman–Crippen LogP) is 0.848. The van der Waals surface area contributed by atoms with Gasteiger partial charge in [-0.05, 0) is 37.3 Å². The van der Waals surface area contributed by atoms with Gasteiger partial charge in [0.25, 0.3) is 0 Å². The lowest BCUT2D eigenvalue weighted by molar-refractivity contribution is 0.238. The molecule has 1 aromatic heterocycles. The van der Waals surface area contributed by atoms with E-state index in [-0.39, 0.29) is 6.61 Å². The van der Waals surface area contributed by atoms with E-state index in [4.69, 9.17) is 10.7 Å². The molecule has 1 fully saturated rings. The fourth-order valence-corrected chi connectivity index (χ4v) is 3.11. The average Bonchev–Trinajstić information content (AvgIpc) is 3.05. The number of aliphatic hydroxyl groups is 1. The number of nitrogens with two attached hydrogens (primary N) is 1. The van der Waals surface area contributed by atoms with Gasteiger partial charge in [0.1, 0.15) is 5.82 Å². The maximum absolute atomic E-state index is 9.24. The molecule has 3 rings (SSSR count). The van der Waals surface area contributed by atoms with Crippen LogP contribution in [-0.2, 0) is 19.4 Å². The highest BCUT2D eigenvalue weighted by Crippen LogP contribution is 2.30. The van der Waals surface area contributed by atoms with Gasteiger partial charge in [-0.2, -0.15) is 0 Å². The minimum absolute atomic E-state index is 0.277. The van der Waals surface area contributed by atoms with E-state index in [2.05, 4.69) is 11.0 Å². The maximum Gasteiger partial charge on any atom is 0.133 e. The van der Waals surface area contributed by atoms with Gasteiger partial charge in [-0.25, -0.2) is 4.98 Å². The zero-order chi connectivity index (χ0) is 12.5. The standard InChI is InChI=1S/C14H21N3O/c15-7-12-6-11-2-1-3-13(11)16-14(12)17-5-4-10(8-17)9-18/h6,10,18H,1-5,7-9,15H2. The van der Waals surface area contributed by atoms with Crippen LogP contribution in [0.3, 0.4) is 0 Å². The molecule has 1 unspecified atom stereocenters. The first kappa shape index (κ1) is 11.9. The van der Waals surface area contributed by atoms with Crippen molar-refractivity contribution in [3.05, 3.63) is 22.9 Å². The SMILES string of the molecule is NCc1cc2c(nc1N1CCC(CO)C1)CCC2. The van der Waals surface area contributed by atoms with Crippen LogP contribution in [-0.4, -0.2) is 29.8 Å². The zero-order valence-corrected chi connectivity index (χ0v) is 10.7. The molecule has 1 saturated heterocycles. The van der Waals surface area contributed by atoms with Crippen LogP contribution in [0, 0.1) is 5.92 Å². The highest BCUT2D eigenvalue weighted by atomic mass is 16.3. The third-order valence-electron chi connectivity index (χ3n) is 4.17. The predicted molar refractivity (Wildman–Crippen MR) is 71.6 cm³/mol. The molecule has 98 valence electrons.